The molecule has 2 amide bonds. The van der Waals surface area contributed by atoms with Crippen molar-refractivity contribution in [3.05, 3.63) is 54.1 Å². The molecular formula is C15H12N4O3S2. The molecule has 0 aromatic heterocycles. The summed E-state index contributed by atoms with van der Waals surface area (Å²) in [5, 5.41) is 15.6. The number of nitrogens with one attached hydrogen (secondary N) is 3. The molecule has 9 heteroatoms. The molecule has 0 atom stereocenters. The van der Waals surface area contributed by atoms with E-state index in [-0.39, 0.29) is 11.3 Å². The van der Waals surface area contributed by atoms with Crippen molar-refractivity contribution in [2.24, 2.45) is 5.10 Å². The number of anilines is 1. The molecule has 1 heterocycles. The largest absolute Gasteiger partial charge is 0.465 e. The zero-order valence-corrected chi connectivity index (χ0v) is 13.8. The van der Waals surface area contributed by atoms with Crippen LogP contribution in [0, 0.1) is 0 Å². The number of carbonyl (C=O) groups excluding carboxylic acids is 1. The number of hydrogen-bond acceptors (Lipinski definition) is 5. The number of hydrazone groups is 1. The minimum absolute atomic E-state index is 0.193. The van der Waals surface area contributed by atoms with Crippen molar-refractivity contribution in [1.29, 1.82) is 0 Å². The Balaban J connectivity index is 1.71. The van der Waals surface area contributed by atoms with Crippen molar-refractivity contribution in [3.63, 3.8) is 0 Å². The first kappa shape index (κ1) is 16.2. The van der Waals surface area contributed by atoms with Gasteiger partial charge in [0.15, 0.2) is 5.17 Å². The molecule has 0 fully saturated rings. The Morgan fingerprint density at radius 3 is 2.54 bits per heavy atom. The van der Waals surface area contributed by atoms with Gasteiger partial charge in [-0.15, -0.1) is 5.10 Å². The van der Waals surface area contributed by atoms with Crippen LogP contribution < -0.4 is 15.5 Å². The summed E-state index contributed by atoms with van der Waals surface area (Å²) in [4.78, 5) is 25.1. The summed E-state index contributed by atoms with van der Waals surface area (Å²) >= 11 is 2.82. The van der Waals surface area contributed by atoms with E-state index in [4.69, 9.17) is 5.11 Å². The van der Waals surface area contributed by atoms with E-state index in [0.717, 1.165) is 9.79 Å². The van der Waals surface area contributed by atoms with Gasteiger partial charge in [-0.25, -0.2) is 10.2 Å². The molecule has 4 N–H and O–H groups in total. The molecule has 0 aliphatic carbocycles. The molecule has 0 bridgehead atoms. The highest BCUT2D eigenvalue weighted by Gasteiger charge is 2.16. The highest BCUT2D eigenvalue weighted by Crippen LogP contribution is 2.34. The van der Waals surface area contributed by atoms with Crippen molar-refractivity contribution in [3.8, 4) is 0 Å². The summed E-state index contributed by atoms with van der Waals surface area (Å²) in [6, 6.07) is 14.2. The van der Waals surface area contributed by atoms with Crippen LogP contribution in [0.4, 0.5) is 10.5 Å². The molecule has 0 spiro atoms. The number of fused-ring (bicyclic) bond motifs is 1. The Morgan fingerprint density at radius 2 is 1.75 bits per heavy atom. The molecule has 0 unspecified atom stereocenters. The molecule has 0 saturated carbocycles. The van der Waals surface area contributed by atoms with Gasteiger partial charge in [0.1, 0.15) is 0 Å². The van der Waals surface area contributed by atoms with E-state index in [1.165, 1.54) is 35.8 Å². The SMILES string of the molecule is O=C(O)Nc1ccccc1C(=O)N/N=C1/NSc2ccccc2S1. The normalized spacial score (nSPS) is 14.4. The number of para-hydroxylation sites is 1. The summed E-state index contributed by atoms with van der Waals surface area (Å²) in [5.41, 5.74) is 2.83. The van der Waals surface area contributed by atoms with Gasteiger partial charge in [0.05, 0.1) is 11.3 Å². The Labute approximate surface area is 146 Å². The Morgan fingerprint density at radius 1 is 1.04 bits per heavy atom. The topological polar surface area (TPSA) is 103 Å². The Hall–Kier alpha value is -2.65. The molecule has 24 heavy (non-hydrogen) atoms. The van der Waals surface area contributed by atoms with E-state index in [1.807, 2.05) is 24.3 Å². The van der Waals surface area contributed by atoms with Crippen LogP contribution in [-0.4, -0.2) is 22.3 Å². The van der Waals surface area contributed by atoms with Gasteiger partial charge in [-0.05, 0) is 48.0 Å². The van der Waals surface area contributed by atoms with Gasteiger partial charge < -0.3 is 9.83 Å². The number of rotatable bonds is 3. The van der Waals surface area contributed by atoms with Crippen molar-refractivity contribution >= 4 is 46.6 Å². The molecule has 3 rings (SSSR count). The maximum absolute atomic E-state index is 12.2. The van der Waals surface area contributed by atoms with Crippen molar-refractivity contribution in [2.75, 3.05) is 5.32 Å². The van der Waals surface area contributed by atoms with E-state index in [9.17, 15) is 9.59 Å². The number of nitrogens with zero attached hydrogens (tertiary/aromatic N) is 1. The zero-order chi connectivity index (χ0) is 16.9. The smallest absolute Gasteiger partial charge is 0.409 e. The lowest BCUT2D eigenvalue weighted by atomic mass is 10.1. The van der Waals surface area contributed by atoms with Gasteiger partial charge in [-0.1, -0.05) is 24.3 Å². The summed E-state index contributed by atoms with van der Waals surface area (Å²) in [6.07, 6.45) is -1.24. The van der Waals surface area contributed by atoms with Gasteiger partial charge in [0.2, 0.25) is 0 Å². The van der Waals surface area contributed by atoms with Crippen LogP contribution >= 0.6 is 23.7 Å². The number of amidine groups is 1. The zero-order valence-electron chi connectivity index (χ0n) is 12.1. The molecule has 7 nitrogen and oxygen atoms in total. The molecule has 0 saturated heterocycles. The highest BCUT2D eigenvalue weighted by atomic mass is 32.2. The number of benzene rings is 2. The van der Waals surface area contributed by atoms with Gasteiger partial charge in [-0.3, -0.25) is 10.1 Å². The summed E-state index contributed by atoms with van der Waals surface area (Å²) in [5.74, 6) is -0.502. The molecule has 1 aliphatic heterocycles. The molecule has 0 radical (unpaired) electrons. The van der Waals surface area contributed by atoms with Crippen LogP contribution in [0.25, 0.3) is 0 Å². The fraction of sp³-hybridized carbons (Fsp3) is 0. The predicted molar refractivity (Wildman–Crippen MR) is 94.3 cm³/mol. The maximum atomic E-state index is 12.2. The van der Waals surface area contributed by atoms with E-state index in [1.54, 1.807) is 12.1 Å². The third-order valence-electron chi connectivity index (χ3n) is 2.98. The number of thioether (sulfide) groups is 1. The molecule has 1 aliphatic rings. The highest BCUT2D eigenvalue weighted by molar-refractivity contribution is 8.17. The third kappa shape index (κ3) is 3.81. The Kier molecular flexibility index (Phi) is 4.92. The van der Waals surface area contributed by atoms with Gasteiger partial charge in [-0.2, -0.15) is 0 Å². The monoisotopic (exact) mass is 360 g/mol. The second-order valence-corrected chi connectivity index (χ2v) is 6.47. The van der Waals surface area contributed by atoms with Gasteiger partial charge in [0.25, 0.3) is 5.91 Å². The van der Waals surface area contributed by atoms with Gasteiger partial charge in [0, 0.05) is 9.79 Å². The lowest BCUT2D eigenvalue weighted by molar-refractivity contribution is 0.0956. The molecule has 2 aromatic rings. The van der Waals surface area contributed by atoms with Crippen LogP contribution in [-0.2, 0) is 0 Å². The van der Waals surface area contributed by atoms with Gasteiger partial charge >= 0.3 is 6.09 Å². The summed E-state index contributed by atoms with van der Waals surface area (Å²) in [7, 11) is 0. The van der Waals surface area contributed by atoms with E-state index < -0.39 is 12.0 Å². The second kappa shape index (κ2) is 7.28. The average Bonchev–Trinajstić information content (AvgIpc) is 2.59. The first-order valence-electron chi connectivity index (χ1n) is 6.80. The van der Waals surface area contributed by atoms with Crippen molar-refractivity contribution in [2.45, 2.75) is 9.79 Å². The van der Waals surface area contributed by atoms with E-state index >= 15 is 0 Å². The van der Waals surface area contributed by atoms with Crippen LogP contribution in [0.5, 0.6) is 0 Å². The first-order valence-corrected chi connectivity index (χ1v) is 8.43. The number of carbonyl (C=O) groups is 2. The van der Waals surface area contributed by atoms with E-state index in [2.05, 4.69) is 20.6 Å². The predicted octanol–water partition coefficient (Wildman–Crippen LogP) is 3.18. The second-order valence-electron chi connectivity index (χ2n) is 4.59. The number of carboxylic acid groups (broad SMARTS) is 1. The molecule has 122 valence electrons. The average molecular weight is 360 g/mol. The van der Waals surface area contributed by atoms with Crippen LogP contribution in [0.15, 0.2) is 63.4 Å². The minimum Gasteiger partial charge on any atom is -0.465 e. The van der Waals surface area contributed by atoms with Crippen LogP contribution in [0.2, 0.25) is 0 Å². The lowest BCUT2D eigenvalue weighted by Gasteiger charge is -2.17. The van der Waals surface area contributed by atoms with Crippen LogP contribution in [0.3, 0.4) is 0 Å². The fourth-order valence-electron chi connectivity index (χ4n) is 1.96. The lowest BCUT2D eigenvalue weighted by Crippen LogP contribution is -2.25. The van der Waals surface area contributed by atoms with Crippen molar-refractivity contribution < 1.29 is 14.7 Å². The van der Waals surface area contributed by atoms with E-state index in [0.29, 0.717) is 5.17 Å². The van der Waals surface area contributed by atoms with Crippen molar-refractivity contribution in [1.82, 2.24) is 10.1 Å². The van der Waals surface area contributed by atoms with Crippen LogP contribution in [0.1, 0.15) is 10.4 Å². The quantitative estimate of drug-likeness (QED) is 0.495. The Bertz CT molecular complexity index is 826. The minimum atomic E-state index is -1.24. The molecular weight excluding hydrogens is 348 g/mol. The standard InChI is InChI=1S/C15H12N4O3S2/c20-13(9-5-1-2-6-10(9)16-15(21)22)17-18-14-19-24-12-8-4-3-7-11(12)23-14/h1-8,16H,(H,17,20)(H,18,19)(H,21,22). The number of amides is 2. The molecule has 2 aromatic carbocycles. The summed E-state index contributed by atoms with van der Waals surface area (Å²) < 4.78 is 3.03. The first-order chi connectivity index (χ1) is 11.6. The fourth-order valence-corrected chi connectivity index (χ4v) is 3.67. The number of hydrogen-bond donors (Lipinski definition) is 4. The maximum Gasteiger partial charge on any atom is 0.409 e. The summed E-state index contributed by atoms with van der Waals surface area (Å²) in [6.45, 7) is 0. The third-order valence-corrected chi connectivity index (χ3v) is 5.07.